The molecule has 1 atom stereocenters. The number of fused-ring (bicyclic) bond motifs is 2. The molecule has 0 amide bonds. The summed E-state index contributed by atoms with van der Waals surface area (Å²) in [6.07, 6.45) is -3.78. The van der Waals surface area contributed by atoms with E-state index in [4.69, 9.17) is 21.1 Å². The molecule has 2 aromatic carbocycles. The number of benzene rings is 2. The van der Waals surface area contributed by atoms with Gasteiger partial charge in [-0.1, -0.05) is 17.7 Å². The first kappa shape index (κ1) is 29.3. The number of carbonyl (C=O) groups is 1. The number of aromatic carboxylic acids is 1. The molecule has 8 nitrogen and oxygen atoms in total. The third-order valence-corrected chi connectivity index (χ3v) is 7.84. The minimum Gasteiger partial charge on any atom is -0.478 e. The first-order valence-corrected chi connectivity index (χ1v) is 13.8. The van der Waals surface area contributed by atoms with Crippen molar-refractivity contribution in [2.75, 3.05) is 13.2 Å². The quantitative estimate of drug-likeness (QED) is 0.241. The van der Waals surface area contributed by atoms with Crippen molar-refractivity contribution in [1.29, 1.82) is 0 Å². The zero-order chi connectivity index (χ0) is 30.5. The standard InChI is InChI=1S/C29H24ClF5N4O4/c30-17-2-1-16(21(31)8-17)14-43-27-20(29(33,34)35)7-15-3-5-38(12-24(15)37-27)13-26-36-23-10-22(32)19(28(40)41)9-25(23)39(26)11-18-4-6-42-18/h1-2,7-10,18H,3-6,11-14H2,(H,40,41)/t18-/m0/s1. The van der Waals surface area contributed by atoms with Crippen molar-refractivity contribution in [3.8, 4) is 5.88 Å². The molecular formula is C29H24ClF5N4O4. The summed E-state index contributed by atoms with van der Waals surface area (Å²) in [4.78, 5) is 22.3. The molecule has 1 fully saturated rings. The maximum absolute atomic E-state index is 14.4. The van der Waals surface area contributed by atoms with Crippen molar-refractivity contribution >= 4 is 28.6 Å². The van der Waals surface area contributed by atoms with E-state index in [1.165, 1.54) is 18.2 Å². The molecule has 0 bridgehead atoms. The van der Waals surface area contributed by atoms with E-state index in [-0.39, 0.29) is 41.7 Å². The molecule has 4 heterocycles. The van der Waals surface area contributed by atoms with E-state index in [1.54, 1.807) is 4.57 Å². The molecular weight excluding hydrogens is 599 g/mol. The Balaban J connectivity index is 1.28. The van der Waals surface area contributed by atoms with E-state index in [0.717, 1.165) is 24.6 Å². The zero-order valence-corrected chi connectivity index (χ0v) is 23.2. The first-order valence-electron chi connectivity index (χ1n) is 13.4. The molecule has 0 radical (unpaired) electrons. The lowest BCUT2D eigenvalue weighted by molar-refractivity contribution is -0.139. The predicted molar refractivity (Wildman–Crippen MR) is 144 cm³/mol. The SMILES string of the molecule is O=C(O)c1cc2c(cc1F)nc(CN1CCc3cc(C(F)(F)F)c(OCc4ccc(Cl)cc4F)nc3C1)n2C[C@@H]1CCO1. The summed E-state index contributed by atoms with van der Waals surface area (Å²) in [7, 11) is 0. The van der Waals surface area contributed by atoms with E-state index >= 15 is 0 Å². The fraction of sp³-hybridized carbons (Fsp3) is 0.345. The highest BCUT2D eigenvalue weighted by Gasteiger charge is 2.37. The number of carboxylic acid groups (broad SMARTS) is 1. The molecule has 226 valence electrons. The fourth-order valence-electron chi connectivity index (χ4n) is 5.25. The second-order valence-corrected chi connectivity index (χ2v) is 10.9. The van der Waals surface area contributed by atoms with Crippen molar-refractivity contribution in [2.45, 2.75) is 51.4 Å². The predicted octanol–water partition coefficient (Wildman–Crippen LogP) is 6.01. The molecule has 0 unspecified atom stereocenters. The van der Waals surface area contributed by atoms with Crippen LogP contribution in [0.1, 0.15) is 45.0 Å². The number of ether oxygens (including phenoxy) is 2. The molecule has 0 spiro atoms. The van der Waals surface area contributed by atoms with Crippen LogP contribution in [-0.2, 0) is 43.6 Å². The Morgan fingerprint density at radius 3 is 2.60 bits per heavy atom. The van der Waals surface area contributed by atoms with Crippen molar-refractivity contribution in [3.05, 3.63) is 86.8 Å². The number of hydrogen-bond donors (Lipinski definition) is 1. The van der Waals surface area contributed by atoms with Gasteiger partial charge in [-0.05, 0) is 42.7 Å². The number of rotatable bonds is 8. The molecule has 1 saturated heterocycles. The fourth-order valence-corrected chi connectivity index (χ4v) is 5.40. The molecule has 2 aliphatic rings. The van der Waals surface area contributed by atoms with Gasteiger partial charge in [0.1, 0.15) is 29.6 Å². The van der Waals surface area contributed by atoms with Crippen molar-refractivity contribution in [2.24, 2.45) is 0 Å². The van der Waals surface area contributed by atoms with Crippen LogP contribution in [0.15, 0.2) is 36.4 Å². The second kappa shape index (κ2) is 11.4. The molecule has 4 aromatic rings. The van der Waals surface area contributed by atoms with Gasteiger partial charge in [0.25, 0.3) is 0 Å². The van der Waals surface area contributed by atoms with E-state index in [9.17, 15) is 31.9 Å². The lowest BCUT2D eigenvalue weighted by Crippen LogP contribution is -2.34. The molecule has 0 aliphatic carbocycles. The highest BCUT2D eigenvalue weighted by atomic mass is 35.5. The third kappa shape index (κ3) is 6.01. The summed E-state index contributed by atoms with van der Waals surface area (Å²) in [5, 5.41) is 9.57. The van der Waals surface area contributed by atoms with Gasteiger partial charge in [0.2, 0.25) is 5.88 Å². The smallest absolute Gasteiger partial charge is 0.421 e. The number of alkyl halides is 3. The number of nitrogens with zero attached hydrogens (tertiary/aromatic N) is 4. The number of carboxylic acids is 1. The third-order valence-electron chi connectivity index (χ3n) is 7.60. The van der Waals surface area contributed by atoms with Crippen LogP contribution < -0.4 is 4.74 Å². The summed E-state index contributed by atoms with van der Waals surface area (Å²) in [6, 6.07) is 7.14. The summed E-state index contributed by atoms with van der Waals surface area (Å²) in [5.74, 6) is -3.15. The van der Waals surface area contributed by atoms with Crippen LogP contribution in [-0.4, -0.2) is 49.8 Å². The highest BCUT2D eigenvalue weighted by molar-refractivity contribution is 6.30. The van der Waals surface area contributed by atoms with Crippen LogP contribution in [0.4, 0.5) is 22.0 Å². The van der Waals surface area contributed by atoms with Gasteiger partial charge in [-0.25, -0.2) is 23.5 Å². The molecule has 0 saturated carbocycles. The Morgan fingerprint density at radius 1 is 1.14 bits per heavy atom. The van der Waals surface area contributed by atoms with Gasteiger partial charge in [-0.2, -0.15) is 13.2 Å². The Kier molecular flexibility index (Phi) is 7.73. The lowest BCUT2D eigenvalue weighted by atomic mass is 10.0. The van der Waals surface area contributed by atoms with Crippen molar-refractivity contribution in [1.82, 2.24) is 19.4 Å². The van der Waals surface area contributed by atoms with Gasteiger partial charge >= 0.3 is 12.1 Å². The summed E-state index contributed by atoms with van der Waals surface area (Å²) < 4.78 is 83.2. The molecule has 2 aromatic heterocycles. The Bertz CT molecular complexity index is 1720. The second-order valence-electron chi connectivity index (χ2n) is 10.5. The van der Waals surface area contributed by atoms with E-state index in [0.29, 0.717) is 42.3 Å². The monoisotopic (exact) mass is 622 g/mol. The summed E-state index contributed by atoms with van der Waals surface area (Å²) >= 11 is 5.77. The van der Waals surface area contributed by atoms with Gasteiger partial charge in [-0.15, -0.1) is 0 Å². The number of hydrogen-bond acceptors (Lipinski definition) is 6. The summed E-state index contributed by atoms with van der Waals surface area (Å²) in [6.45, 7) is 1.29. The lowest BCUT2D eigenvalue weighted by Gasteiger charge is -2.30. The molecule has 1 N–H and O–H groups in total. The Hall–Kier alpha value is -3.81. The number of aromatic nitrogens is 3. The number of imidazole rings is 1. The largest absolute Gasteiger partial charge is 0.478 e. The van der Waals surface area contributed by atoms with Crippen LogP contribution in [0.2, 0.25) is 5.02 Å². The molecule has 43 heavy (non-hydrogen) atoms. The minimum absolute atomic E-state index is 0.0236. The van der Waals surface area contributed by atoms with E-state index < -0.39 is 47.4 Å². The number of halogens is 6. The van der Waals surface area contributed by atoms with Crippen LogP contribution in [0, 0.1) is 11.6 Å². The van der Waals surface area contributed by atoms with Gasteiger partial charge in [0.15, 0.2) is 0 Å². The van der Waals surface area contributed by atoms with Gasteiger partial charge in [-0.3, -0.25) is 4.90 Å². The molecule has 6 rings (SSSR count). The van der Waals surface area contributed by atoms with Crippen LogP contribution in [0.3, 0.4) is 0 Å². The maximum Gasteiger partial charge on any atom is 0.421 e. The Morgan fingerprint density at radius 2 is 1.93 bits per heavy atom. The van der Waals surface area contributed by atoms with Gasteiger partial charge in [0.05, 0.1) is 41.5 Å². The number of pyridine rings is 1. The van der Waals surface area contributed by atoms with Gasteiger partial charge in [0, 0.05) is 36.3 Å². The average Bonchev–Trinajstić information content (AvgIpc) is 3.23. The van der Waals surface area contributed by atoms with Crippen molar-refractivity contribution in [3.63, 3.8) is 0 Å². The van der Waals surface area contributed by atoms with Crippen LogP contribution >= 0.6 is 11.6 Å². The van der Waals surface area contributed by atoms with E-state index in [2.05, 4.69) is 9.97 Å². The average molecular weight is 623 g/mol. The van der Waals surface area contributed by atoms with E-state index in [1.807, 2.05) is 4.90 Å². The normalized spacial score (nSPS) is 17.1. The minimum atomic E-state index is -4.74. The first-order chi connectivity index (χ1) is 20.5. The highest BCUT2D eigenvalue weighted by Crippen LogP contribution is 2.38. The maximum atomic E-state index is 14.4. The van der Waals surface area contributed by atoms with Gasteiger partial charge < -0.3 is 19.1 Å². The summed E-state index contributed by atoms with van der Waals surface area (Å²) in [5.41, 5.74) is 0.0145. The van der Waals surface area contributed by atoms with Crippen molar-refractivity contribution < 1.29 is 41.3 Å². The molecule has 2 aliphatic heterocycles. The Labute approximate surface area is 246 Å². The van der Waals surface area contributed by atoms with Crippen LogP contribution in [0.25, 0.3) is 11.0 Å². The van der Waals surface area contributed by atoms with Crippen LogP contribution in [0.5, 0.6) is 5.88 Å². The zero-order valence-electron chi connectivity index (χ0n) is 22.4. The molecule has 14 heteroatoms. The topological polar surface area (TPSA) is 89.7 Å².